The molecular formula is C23H26ClN3O3S2. The summed E-state index contributed by atoms with van der Waals surface area (Å²) in [5.41, 5.74) is 3.24. The van der Waals surface area contributed by atoms with Gasteiger partial charge < -0.3 is 5.32 Å². The SMILES string of the molecule is CCN(CC)S(=O)(=O)c1ccc(Cl)c(C(=O)NCCc2ccc(-c3csc(C)n3)cc2)c1. The molecule has 0 aliphatic rings. The molecule has 0 saturated heterocycles. The van der Waals surface area contributed by atoms with Crippen molar-refractivity contribution in [2.24, 2.45) is 0 Å². The number of nitrogens with zero attached hydrogens (tertiary/aromatic N) is 2. The number of benzene rings is 2. The van der Waals surface area contributed by atoms with E-state index in [9.17, 15) is 13.2 Å². The van der Waals surface area contributed by atoms with E-state index in [1.807, 2.05) is 36.6 Å². The summed E-state index contributed by atoms with van der Waals surface area (Å²) in [6, 6.07) is 12.3. The van der Waals surface area contributed by atoms with Crippen LogP contribution in [0.5, 0.6) is 0 Å². The van der Waals surface area contributed by atoms with E-state index in [1.165, 1.54) is 22.5 Å². The molecule has 0 spiro atoms. The second-order valence-electron chi connectivity index (χ2n) is 7.19. The monoisotopic (exact) mass is 491 g/mol. The largest absolute Gasteiger partial charge is 0.352 e. The Morgan fingerprint density at radius 1 is 1.12 bits per heavy atom. The fraction of sp³-hybridized carbons (Fsp3) is 0.304. The number of nitrogens with one attached hydrogen (secondary N) is 1. The molecule has 0 atom stereocenters. The average Bonchev–Trinajstić information content (AvgIpc) is 3.21. The minimum absolute atomic E-state index is 0.0589. The molecule has 0 unspecified atom stereocenters. The normalized spacial score (nSPS) is 11.7. The molecule has 1 N–H and O–H groups in total. The van der Waals surface area contributed by atoms with Gasteiger partial charge in [-0.25, -0.2) is 13.4 Å². The average molecular weight is 492 g/mol. The van der Waals surface area contributed by atoms with Gasteiger partial charge in [0.2, 0.25) is 10.0 Å². The molecule has 170 valence electrons. The second-order valence-corrected chi connectivity index (χ2v) is 10.6. The quantitative estimate of drug-likeness (QED) is 0.467. The highest BCUT2D eigenvalue weighted by atomic mass is 35.5. The molecule has 0 bridgehead atoms. The fourth-order valence-electron chi connectivity index (χ4n) is 3.31. The van der Waals surface area contributed by atoms with Crippen molar-refractivity contribution in [1.29, 1.82) is 0 Å². The van der Waals surface area contributed by atoms with Crippen molar-refractivity contribution in [3.63, 3.8) is 0 Å². The van der Waals surface area contributed by atoms with Gasteiger partial charge in [0.1, 0.15) is 0 Å². The van der Waals surface area contributed by atoms with Crippen LogP contribution >= 0.6 is 22.9 Å². The van der Waals surface area contributed by atoms with Gasteiger partial charge in [0.05, 0.1) is 26.2 Å². The van der Waals surface area contributed by atoms with E-state index in [0.717, 1.165) is 21.8 Å². The Bertz CT molecular complexity index is 1190. The molecule has 9 heteroatoms. The number of thiazole rings is 1. The highest BCUT2D eigenvalue weighted by Gasteiger charge is 2.23. The minimum atomic E-state index is -3.67. The van der Waals surface area contributed by atoms with Crippen LogP contribution in [0.4, 0.5) is 0 Å². The number of sulfonamides is 1. The zero-order chi connectivity index (χ0) is 23.3. The van der Waals surface area contributed by atoms with E-state index in [1.54, 1.807) is 25.2 Å². The number of hydrogen-bond donors (Lipinski definition) is 1. The van der Waals surface area contributed by atoms with Gasteiger partial charge in [0, 0.05) is 30.6 Å². The first kappa shape index (κ1) is 24.4. The molecule has 0 fully saturated rings. The molecule has 3 rings (SSSR count). The summed E-state index contributed by atoms with van der Waals surface area (Å²) >= 11 is 7.80. The van der Waals surface area contributed by atoms with Gasteiger partial charge in [0.15, 0.2) is 0 Å². The molecular weight excluding hydrogens is 466 g/mol. The Hall–Kier alpha value is -2.26. The summed E-state index contributed by atoms with van der Waals surface area (Å²) in [7, 11) is -3.67. The zero-order valence-electron chi connectivity index (χ0n) is 18.3. The van der Waals surface area contributed by atoms with Crippen molar-refractivity contribution in [2.75, 3.05) is 19.6 Å². The number of amides is 1. The van der Waals surface area contributed by atoms with Crippen LogP contribution in [0.2, 0.25) is 5.02 Å². The van der Waals surface area contributed by atoms with Crippen molar-refractivity contribution < 1.29 is 13.2 Å². The molecule has 1 amide bonds. The third-order valence-electron chi connectivity index (χ3n) is 5.09. The first-order valence-electron chi connectivity index (χ1n) is 10.4. The van der Waals surface area contributed by atoms with E-state index >= 15 is 0 Å². The Balaban J connectivity index is 1.65. The number of hydrogen-bond acceptors (Lipinski definition) is 5. The lowest BCUT2D eigenvalue weighted by Crippen LogP contribution is -2.31. The zero-order valence-corrected chi connectivity index (χ0v) is 20.6. The maximum absolute atomic E-state index is 12.8. The van der Waals surface area contributed by atoms with Crippen LogP contribution in [0.1, 0.15) is 34.8 Å². The number of halogens is 1. The molecule has 0 aliphatic heterocycles. The smallest absolute Gasteiger partial charge is 0.252 e. The molecule has 0 aliphatic carbocycles. The Morgan fingerprint density at radius 3 is 2.41 bits per heavy atom. The molecule has 1 aromatic heterocycles. The van der Waals surface area contributed by atoms with Gasteiger partial charge in [-0.05, 0) is 37.1 Å². The summed E-state index contributed by atoms with van der Waals surface area (Å²) in [5, 5.41) is 6.10. The first-order chi connectivity index (χ1) is 15.3. The molecule has 32 heavy (non-hydrogen) atoms. The number of carbonyl (C=O) groups excluding carboxylic acids is 1. The number of aryl methyl sites for hydroxylation is 1. The molecule has 3 aromatic rings. The van der Waals surface area contributed by atoms with Crippen LogP contribution in [0.25, 0.3) is 11.3 Å². The predicted molar refractivity (Wildman–Crippen MR) is 130 cm³/mol. The third-order valence-corrected chi connectivity index (χ3v) is 8.24. The molecule has 6 nitrogen and oxygen atoms in total. The lowest BCUT2D eigenvalue weighted by Gasteiger charge is -2.19. The van der Waals surface area contributed by atoms with Gasteiger partial charge in [-0.3, -0.25) is 4.79 Å². The van der Waals surface area contributed by atoms with Crippen LogP contribution in [0, 0.1) is 6.92 Å². The van der Waals surface area contributed by atoms with Crippen LogP contribution in [0.15, 0.2) is 52.7 Å². The highest BCUT2D eigenvalue weighted by Crippen LogP contribution is 2.24. The molecule has 0 saturated carbocycles. The molecule has 1 heterocycles. The molecule has 2 aromatic carbocycles. The summed E-state index contributed by atoms with van der Waals surface area (Å²) in [6.07, 6.45) is 0.636. The van der Waals surface area contributed by atoms with Crippen molar-refractivity contribution in [3.8, 4) is 11.3 Å². The summed E-state index contributed by atoms with van der Waals surface area (Å²) < 4.78 is 26.9. The van der Waals surface area contributed by atoms with Crippen LogP contribution < -0.4 is 5.32 Å². The summed E-state index contributed by atoms with van der Waals surface area (Å²) in [4.78, 5) is 17.2. The number of aromatic nitrogens is 1. The Morgan fingerprint density at radius 2 is 1.81 bits per heavy atom. The van der Waals surface area contributed by atoms with Crippen LogP contribution in [-0.2, 0) is 16.4 Å². The van der Waals surface area contributed by atoms with Gasteiger partial charge in [-0.1, -0.05) is 49.7 Å². The summed E-state index contributed by atoms with van der Waals surface area (Å²) in [6.45, 7) is 6.63. The van der Waals surface area contributed by atoms with Crippen molar-refractivity contribution in [3.05, 3.63) is 69.0 Å². The van der Waals surface area contributed by atoms with Gasteiger partial charge in [0.25, 0.3) is 5.91 Å². The van der Waals surface area contributed by atoms with E-state index in [-0.39, 0.29) is 15.5 Å². The van der Waals surface area contributed by atoms with Gasteiger partial charge >= 0.3 is 0 Å². The van der Waals surface area contributed by atoms with Crippen molar-refractivity contribution >= 4 is 38.9 Å². The number of carbonyl (C=O) groups is 1. The van der Waals surface area contributed by atoms with E-state index in [0.29, 0.717) is 26.1 Å². The maximum atomic E-state index is 12.8. The van der Waals surface area contributed by atoms with Gasteiger partial charge in [-0.2, -0.15) is 4.31 Å². The fourth-order valence-corrected chi connectivity index (χ4v) is 5.62. The standard InChI is InChI=1S/C23H26ClN3O3S2/c1-4-27(5-2)32(29,30)19-10-11-21(24)20(14-19)23(28)25-13-12-17-6-8-18(9-7-17)22-15-31-16(3)26-22/h6-11,14-15H,4-5,12-13H2,1-3H3,(H,25,28). The summed E-state index contributed by atoms with van der Waals surface area (Å²) in [5.74, 6) is -0.402. The second kappa shape index (κ2) is 10.6. The van der Waals surface area contributed by atoms with Gasteiger partial charge in [-0.15, -0.1) is 11.3 Å². The van der Waals surface area contributed by atoms with E-state index < -0.39 is 15.9 Å². The predicted octanol–water partition coefficient (Wildman–Crippen LogP) is 4.77. The minimum Gasteiger partial charge on any atom is -0.352 e. The van der Waals surface area contributed by atoms with Crippen molar-refractivity contribution in [1.82, 2.24) is 14.6 Å². The highest BCUT2D eigenvalue weighted by molar-refractivity contribution is 7.89. The first-order valence-corrected chi connectivity index (χ1v) is 13.0. The topological polar surface area (TPSA) is 79.4 Å². The third kappa shape index (κ3) is 5.56. The maximum Gasteiger partial charge on any atom is 0.252 e. The van der Waals surface area contributed by atoms with E-state index in [2.05, 4.69) is 10.3 Å². The van der Waals surface area contributed by atoms with E-state index in [4.69, 9.17) is 11.6 Å². The van der Waals surface area contributed by atoms with Crippen LogP contribution in [0.3, 0.4) is 0 Å². The Labute approximate surface area is 198 Å². The van der Waals surface area contributed by atoms with Crippen LogP contribution in [-0.4, -0.2) is 43.2 Å². The molecule has 0 radical (unpaired) electrons. The lowest BCUT2D eigenvalue weighted by molar-refractivity contribution is 0.0954. The Kier molecular flexibility index (Phi) is 8.05. The van der Waals surface area contributed by atoms with Crippen molar-refractivity contribution in [2.45, 2.75) is 32.1 Å². The number of rotatable bonds is 9. The lowest BCUT2D eigenvalue weighted by atomic mass is 10.1.